The van der Waals surface area contributed by atoms with Crippen LogP contribution in [0.15, 0.2) is 0 Å². The fraction of sp³-hybridized carbons (Fsp3) is 1.00. The van der Waals surface area contributed by atoms with Gasteiger partial charge in [0, 0.05) is 0 Å². The van der Waals surface area contributed by atoms with Crippen LogP contribution in [0.1, 0.15) is 39.5 Å². The van der Waals surface area contributed by atoms with E-state index in [4.69, 9.17) is 5.11 Å². The number of unbranched alkanes of at least 4 members (excludes halogenated alkanes) is 2. The van der Waals surface area contributed by atoms with Gasteiger partial charge in [0.1, 0.15) is 18.3 Å². The lowest BCUT2D eigenvalue weighted by Crippen LogP contribution is -2.44. The molecule has 116 valence electrons. The molecule has 0 saturated carbocycles. The minimum atomic E-state index is -1.29. The molecular weight excluding hydrogens is 284 g/mol. The Bertz CT molecular complexity index is 197. The normalized spacial score (nSPS) is 16.6. The molecule has 4 nitrogen and oxygen atoms in total. The molecular formula is C13H28O4S2. The maximum Gasteiger partial charge on any atom is 0.110 e. The standard InChI is InChI=1S/C13H28O4S2/c1-3-5-7-18-13(19-8-6-4-2)12(17)11(16)10(15)9-14/h10-17H,3-9H2,1-2H3/t10-,11+,12-/m1/s1. The molecule has 0 aromatic rings. The van der Waals surface area contributed by atoms with Gasteiger partial charge in [-0.1, -0.05) is 26.7 Å². The van der Waals surface area contributed by atoms with Gasteiger partial charge in [-0.05, 0) is 24.3 Å². The maximum absolute atomic E-state index is 10.1. The Hall–Kier alpha value is 0.540. The molecule has 0 spiro atoms. The Morgan fingerprint density at radius 1 is 0.842 bits per heavy atom. The fourth-order valence-electron chi connectivity index (χ4n) is 1.43. The average Bonchev–Trinajstić information content (AvgIpc) is 2.43. The third-order valence-corrected chi connectivity index (χ3v) is 5.85. The molecule has 0 heterocycles. The molecule has 0 bridgehead atoms. The van der Waals surface area contributed by atoms with Crippen molar-refractivity contribution in [3.8, 4) is 0 Å². The highest BCUT2D eigenvalue weighted by Crippen LogP contribution is 2.30. The first-order valence-corrected chi connectivity index (χ1v) is 9.06. The molecule has 6 heteroatoms. The van der Waals surface area contributed by atoms with Gasteiger partial charge in [-0.15, -0.1) is 23.5 Å². The highest BCUT2D eigenvalue weighted by atomic mass is 32.2. The summed E-state index contributed by atoms with van der Waals surface area (Å²) in [6, 6.07) is 0. The second-order valence-corrected chi connectivity index (χ2v) is 7.35. The highest BCUT2D eigenvalue weighted by molar-refractivity contribution is 8.17. The predicted octanol–water partition coefficient (Wildman–Crippen LogP) is 1.45. The quantitative estimate of drug-likeness (QED) is 0.323. The van der Waals surface area contributed by atoms with E-state index in [1.54, 1.807) is 23.5 Å². The van der Waals surface area contributed by atoms with Crippen molar-refractivity contribution in [1.29, 1.82) is 0 Å². The number of hydrogen-bond donors (Lipinski definition) is 4. The van der Waals surface area contributed by atoms with Crippen molar-refractivity contribution in [2.75, 3.05) is 18.1 Å². The lowest BCUT2D eigenvalue weighted by molar-refractivity contribution is -0.0706. The molecule has 0 radical (unpaired) electrons. The zero-order chi connectivity index (χ0) is 14.7. The Morgan fingerprint density at radius 2 is 1.32 bits per heavy atom. The number of rotatable bonds is 12. The maximum atomic E-state index is 10.1. The molecule has 0 aliphatic carbocycles. The minimum Gasteiger partial charge on any atom is -0.394 e. The molecule has 0 aliphatic heterocycles. The number of thioether (sulfide) groups is 2. The van der Waals surface area contributed by atoms with E-state index in [2.05, 4.69) is 13.8 Å². The van der Waals surface area contributed by atoms with E-state index in [1.165, 1.54) is 0 Å². The Labute approximate surface area is 125 Å². The van der Waals surface area contributed by atoms with Gasteiger partial charge in [0.25, 0.3) is 0 Å². The monoisotopic (exact) mass is 312 g/mol. The van der Waals surface area contributed by atoms with E-state index in [-0.39, 0.29) is 4.58 Å². The largest absolute Gasteiger partial charge is 0.394 e. The summed E-state index contributed by atoms with van der Waals surface area (Å²) in [5.74, 6) is 1.86. The molecule has 0 aromatic heterocycles. The van der Waals surface area contributed by atoms with Gasteiger partial charge in [-0.3, -0.25) is 0 Å². The van der Waals surface area contributed by atoms with Gasteiger partial charge in [-0.2, -0.15) is 0 Å². The van der Waals surface area contributed by atoms with E-state index in [9.17, 15) is 15.3 Å². The third kappa shape index (κ3) is 8.42. The van der Waals surface area contributed by atoms with Crippen molar-refractivity contribution in [2.24, 2.45) is 0 Å². The van der Waals surface area contributed by atoms with Gasteiger partial charge in [0.2, 0.25) is 0 Å². The van der Waals surface area contributed by atoms with Crippen LogP contribution in [0.4, 0.5) is 0 Å². The zero-order valence-corrected chi connectivity index (χ0v) is 13.5. The fourth-order valence-corrected chi connectivity index (χ4v) is 4.48. The van der Waals surface area contributed by atoms with Crippen molar-refractivity contribution >= 4 is 23.5 Å². The van der Waals surface area contributed by atoms with E-state index >= 15 is 0 Å². The van der Waals surface area contributed by atoms with Crippen molar-refractivity contribution < 1.29 is 20.4 Å². The third-order valence-electron chi connectivity index (χ3n) is 2.77. The van der Waals surface area contributed by atoms with E-state index in [1.807, 2.05) is 0 Å². The van der Waals surface area contributed by atoms with Crippen LogP contribution in [0.2, 0.25) is 0 Å². The molecule has 4 N–H and O–H groups in total. The summed E-state index contributed by atoms with van der Waals surface area (Å²) in [7, 11) is 0. The van der Waals surface area contributed by atoms with Crippen LogP contribution in [-0.4, -0.2) is 61.4 Å². The van der Waals surface area contributed by atoms with E-state index < -0.39 is 24.9 Å². The van der Waals surface area contributed by atoms with Gasteiger partial charge < -0.3 is 20.4 Å². The van der Waals surface area contributed by atoms with E-state index in [0.29, 0.717) is 0 Å². The lowest BCUT2D eigenvalue weighted by Gasteiger charge is -2.28. The Kier molecular flexibility index (Phi) is 12.6. The molecule has 0 saturated heterocycles. The van der Waals surface area contributed by atoms with Crippen LogP contribution in [0.3, 0.4) is 0 Å². The van der Waals surface area contributed by atoms with Crippen molar-refractivity contribution in [3.05, 3.63) is 0 Å². The van der Waals surface area contributed by atoms with Crippen molar-refractivity contribution in [2.45, 2.75) is 62.4 Å². The van der Waals surface area contributed by atoms with Gasteiger partial charge in [0.15, 0.2) is 0 Å². The SMILES string of the molecule is CCCCSC(SCCCC)[C@H](O)[C@@H](O)[C@H](O)CO. The number of hydrogen-bond acceptors (Lipinski definition) is 6. The van der Waals surface area contributed by atoms with Gasteiger partial charge in [0.05, 0.1) is 11.2 Å². The van der Waals surface area contributed by atoms with E-state index in [0.717, 1.165) is 37.2 Å². The molecule has 0 unspecified atom stereocenters. The topological polar surface area (TPSA) is 80.9 Å². The van der Waals surface area contributed by atoms with Crippen LogP contribution >= 0.6 is 23.5 Å². The summed E-state index contributed by atoms with van der Waals surface area (Å²) in [6.07, 6.45) is 0.733. The first-order valence-electron chi connectivity index (χ1n) is 6.96. The molecule has 19 heavy (non-hydrogen) atoms. The minimum absolute atomic E-state index is 0.158. The van der Waals surface area contributed by atoms with Crippen LogP contribution in [0, 0.1) is 0 Å². The Balaban J connectivity index is 4.33. The van der Waals surface area contributed by atoms with Gasteiger partial charge >= 0.3 is 0 Å². The highest BCUT2D eigenvalue weighted by Gasteiger charge is 2.31. The van der Waals surface area contributed by atoms with Crippen LogP contribution in [0.25, 0.3) is 0 Å². The molecule has 0 aromatic carbocycles. The summed E-state index contributed by atoms with van der Waals surface area (Å²) < 4.78 is -0.158. The van der Waals surface area contributed by atoms with Crippen LogP contribution in [0.5, 0.6) is 0 Å². The number of aliphatic hydroxyl groups excluding tert-OH is 4. The van der Waals surface area contributed by atoms with Crippen molar-refractivity contribution in [3.63, 3.8) is 0 Å². The first-order chi connectivity index (χ1) is 9.08. The Morgan fingerprint density at radius 3 is 1.68 bits per heavy atom. The molecule has 0 amide bonds. The predicted molar refractivity (Wildman–Crippen MR) is 83.6 cm³/mol. The van der Waals surface area contributed by atoms with Crippen LogP contribution < -0.4 is 0 Å². The molecule has 0 aliphatic rings. The van der Waals surface area contributed by atoms with Crippen LogP contribution in [-0.2, 0) is 0 Å². The molecule has 0 rings (SSSR count). The summed E-state index contributed by atoms with van der Waals surface area (Å²) >= 11 is 3.24. The van der Waals surface area contributed by atoms with Gasteiger partial charge in [-0.25, -0.2) is 0 Å². The molecule has 3 atom stereocenters. The summed E-state index contributed by atoms with van der Waals surface area (Å²) in [4.78, 5) is 0. The second kappa shape index (κ2) is 12.3. The van der Waals surface area contributed by atoms with Crippen molar-refractivity contribution in [1.82, 2.24) is 0 Å². The summed E-state index contributed by atoms with van der Waals surface area (Å²) in [5.41, 5.74) is 0. The number of aliphatic hydroxyl groups is 4. The zero-order valence-electron chi connectivity index (χ0n) is 11.9. The smallest absolute Gasteiger partial charge is 0.110 e. The first kappa shape index (κ1) is 19.5. The lowest BCUT2D eigenvalue weighted by atomic mass is 10.1. The summed E-state index contributed by atoms with van der Waals surface area (Å²) in [5, 5.41) is 38.1. The second-order valence-electron chi connectivity index (χ2n) is 4.55. The summed E-state index contributed by atoms with van der Waals surface area (Å²) in [6.45, 7) is 3.69. The molecule has 0 fully saturated rings. The average molecular weight is 312 g/mol.